The van der Waals surface area contributed by atoms with Gasteiger partial charge in [0, 0.05) is 29.9 Å². The molecule has 0 amide bonds. The van der Waals surface area contributed by atoms with E-state index in [-0.39, 0.29) is 0 Å². The predicted octanol–water partition coefficient (Wildman–Crippen LogP) is 5.93. The molecule has 0 bridgehead atoms. The minimum absolute atomic E-state index is 0.871. The van der Waals surface area contributed by atoms with Gasteiger partial charge in [0.05, 0.1) is 12.8 Å². The molecule has 0 unspecified atom stereocenters. The van der Waals surface area contributed by atoms with Gasteiger partial charge in [-0.15, -0.1) is 0 Å². The van der Waals surface area contributed by atoms with Gasteiger partial charge in [-0.1, -0.05) is 43.3 Å². The number of benzene rings is 2. The van der Waals surface area contributed by atoms with Crippen molar-refractivity contribution < 1.29 is 4.74 Å². The first-order valence-corrected chi connectivity index (χ1v) is 12.0. The number of aromatic nitrogens is 3. The summed E-state index contributed by atoms with van der Waals surface area (Å²) in [6.07, 6.45) is 4.34. The SMILES string of the molecule is CCCN(Cc1ccccc1)c1c2c(nc3c(-c4ccc(OC)cc4C)c(C)nn13)CCC2. The van der Waals surface area contributed by atoms with Crippen LogP contribution >= 0.6 is 0 Å². The minimum atomic E-state index is 0.871. The molecule has 0 spiro atoms. The van der Waals surface area contributed by atoms with Crippen LogP contribution in [0.2, 0.25) is 0 Å². The Morgan fingerprint density at radius 3 is 2.61 bits per heavy atom. The van der Waals surface area contributed by atoms with Crippen molar-refractivity contribution in [3.63, 3.8) is 0 Å². The van der Waals surface area contributed by atoms with Gasteiger partial charge in [0.15, 0.2) is 5.65 Å². The quantitative estimate of drug-likeness (QED) is 0.357. The summed E-state index contributed by atoms with van der Waals surface area (Å²) < 4.78 is 7.56. The number of hydrogen-bond acceptors (Lipinski definition) is 4. The van der Waals surface area contributed by atoms with Crippen molar-refractivity contribution in [1.82, 2.24) is 14.6 Å². The molecule has 1 aliphatic rings. The highest BCUT2D eigenvalue weighted by molar-refractivity contribution is 5.83. The van der Waals surface area contributed by atoms with Crippen LogP contribution < -0.4 is 9.64 Å². The fourth-order valence-corrected chi connectivity index (χ4v) is 5.13. The van der Waals surface area contributed by atoms with Gasteiger partial charge < -0.3 is 9.64 Å². The first kappa shape index (κ1) is 21.5. The maximum Gasteiger partial charge on any atom is 0.165 e. The number of anilines is 1. The van der Waals surface area contributed by atoms with Gasteiger partial charge in [0.1, 0.15) is 11.6 Å². The molecule has 1 aliphatic carbocycles. The molecule has 170 valence electrons. The number of fused-ring (bicyclic) bond motifs is 2. The molecule has 2 aromatic heterocycles. The molecule has 0 N–H and O–H groups in total. The van der Waals surface area contributed by atoms with Crippen LogP contribution in [0, 0.1) is 13.8 Å². The van der Waals surface area contributed by atoms with E-state index in [0.717, 1.165) is 61.4 Å². The zero-order valence-corrected chi connectivity index (χ0v) is 20.1. The standard InChI is InChI=1S/C28H32N4O/c1-5-16-31(18-21-10-7-6-8-11-21)28-24-12-9-13-25(24)29-27-26(20(3)30-32(27)28)23-15-14-22(33-4)17-19(23)2/h6-8,10-11,14-15,17H,5,9,12-13,16,18H2,1-4H3. The first-order valence-electron chi connectivity index (χ1n) is 12.0. The molecular formula is C28H32N4O. The van der Waals surface area contributed by atoms with E-state index >= 15 is 0 Å². The first-order chi connectivity index (χ1) is 16.1. The van der Waals surface area contributed by atoms with E-state index in [9.17, 15) is 0 Å². The summed E-state index contributed by atoms with van der Waals surface area (Å²) in [5.74, 6) is 2.09. The highest BCUT2D eigenvalue weighted by atomic mass is 16.5. The number of ether oxygens (including phenoxy) is 1. The van der Waals surface area contributed by atoms with E-state index in [4.69, 9.17) is 14.8 Å². The smallest absolute Gasteiger partial charge is 0.165 e. The molecule has 2 heterocycles. The van der Waals surface area contributed by atoms with Gasteiger partial charge in [0.2, 0.25) is 0 Å². The molecule has 5 nitrogen and oxygen atoms in total. The summed E-state index contributed by atoms with van der Waals surface area (Å²) in [6.45, 7) is 8.33. The average Bonchev–Trinajstić information content (AvgIpc) is 3.41. The topological polar surface area (TPSA) is 42.7 Å². The summed E-state index contributed by atoms with van der Waals surface area (Å²) in [6, 6.07) is 17.0. The normalized spacial score (nSPS) is 12.8. The van der Waals surface area contributed by atoms with Crippen molar-refractivity contribution in [2.24, 2.45) is 0 Å². The van der Waals surface area contributed by atoms with Crippen molar-refractivity contribution in [3.05, 3.63) is 76.6 Å². The Kier molecular flexibility index (Phi) is 5.79. The van der Waals surface area contributed by atoms with Crippen molar-refractivity contribution in [1.29, 1.82) is 0 Å². The zero-order valence-electron chi connectivity index (χ0n) is 20.1. The number of aryl methyl sites for hydroxylation is 3. The second-order valence-corrected chi connectivity index (χ2v) is 9.00. The molecule has 0 aliphatic heterocycles. The van der Waals surface area contributed by atoms with Gasteiger partial charge in [-0.3, -0.25) is 0 Å². The summed E-state index contributed by atoms with van der Waals surface area (Å²) in [5.41, 5.74) is 9.37. The number of hydrogen-bond donors (Lipinski definition) is 0. The van der Waals surface area contributed by atoms with Gasteiger partial charge >= 0.3 is 0 Å². The molecule has 5 rings (SSSR count). The van der Waals surface area contributed by atoms with Crippen LogP contribution in [0.3, 0.4) is 0 Å². The summed E-state index contributed by atoms with van der Waals surface area (Å²) >= 11 is 0. The van der Waals surface area contributed by atoms with Crippen LogP contribution in [0.5, 0.6) is 5.75 Å². The Morgan fingerprint density at radius 2 is 1.88 bits per heavy atom. The van der Waals surface area contributed by atoms with Crippen LogP contribution in [0.25, 0.3) is 16.8 Å². The highest BCUT2D eigenvalue weighted by Gasteiger charge is 2.27. The van der Waals surface area contributed by atoms with Gasteiger partial charge in [-0.05, 0) is 68.4 Å². The van der Waals surface area contributed by atoms with Crippen molar-refractivity contribution in [2.45, 2.75) is 53.0 Å². The lowest BCUT2D eigenvalue weighted by Gasteiger charge is -2.27. The summed E-state index contributed by atoms with van der Waals surface area (Å²) in [4.78, 5) is 7.69. The third-order valence-electron chi connectivity index (χ3n) is 6.65. The monoisotopic (exact) mass is 440 g/mol. The Morgan fingerprint density at radius 1 is 1.06 bits per heavy atom. The fourth-order valence-electron chi connectivity index (χ4n) is 5.13. The van der Waals surface area contributed by atoms with Crippen LogP contribution in [-0.2, 0) is 19.4 Å². The summed E-state index contributed by atoms with van der Waals surface area (Å²) in [7, 11) is 1.71. The molecule has 0 atom stereocenters. The van der Waals surface area contributed by atoms with Gasteiger partial charge in [0.25, 0.3) is 0 Å². The van der Waals surface area contributed by atoms with E-state index in [1.165, 1.54) is 33.8 Å². The zero-order chi connectivity index (χ0) is 22.9. The second-order valence-electron chi connectivity index (χ2n) is 9.00. The molecule has 0 fully saturated rings. The molecule has 33 heavy (non-hydrogen) atoms. The molecule has 0 saturated carbocycles. The summed E-state index contributed by atoms with van der Waals surface area (Å²) in [5, 5.41) is 5.08. The Labute approximate surface area is 196 Å². The van der Waals surface area contributed by atoms with Crippen molar-refractivity contribution in [3.8, 4) is 16.9 Å². The average molecular weight is 441 g/mol. The highest BCUT2D eigenvalue weighted by Crippen LogP contribution is 2.38. The van der Waals surface area contributed by atoms with E-state index in [2.05, 4.69) is 72.7 Å². The molecule has 0 radical (unpaired) electrons. The third-order valence-corrected chi connectivity index (χ3v) is 6.65. The maximum absolute atomic E-state index is 5.44. The lowest BCUT2D eigenvalue weighted by molar-refractivity contribution is 0.414. The van der Waals surface area contributed by atoms with Crippen LogP contribution in [0.4, 0.5) is 5.82 Å². The second kappa shape index (κ2) is 8.89. The number of methoxy groups -OCH3 is 1. The Hall–Kier alpha value is -3.34. The van der Waals surface area contributed by atoms with E-state index in [1.54, 1.807) is 7.11 Å². The largest absolute Gasteiger partial charge is 0.497 e. The lowest BCUT2D eigenvalue weighted by atomic mass is 10.0. The minimum Gasteiger partial charge on any atom is -0.497 e. The molecular weight excluding hydrogens is 408 g/mol. The van der Waals surface area contributed by atoms with Crippen LogP contribution in [0.15, 0.2) is 48.5 Å². The molecule has 4 aromatic rings. The van der Waals surface area contributed by atoms with E-state index in [1.807, 2.05) is 6.07 Å². The number of nitrogens with zero attached hydrogens (tertiary/aromatic N) is 4. The Balaban J connectivity index is 1.72. The molecule has 0 saturated heterocycles. The van der Waals surface area contributed by atoms with Crippen LogP contribution in [-0.4, -0.2) is 28.3 Å². The van der Waals surface area contributed by atoms with Crippen LogP contribution in [0.1, 0.15) is 47.8 Å². The maximum atomic E-state index is 5.44. The lowest BCUT2D eigenvalue weighted by Crippen LogP contribution is -2.27. The van der Waals surface area contributed by atoms with E-state index in [0.29, 0.717) is 0 Å². The Bertz CT molecular complexity index is 1290. The van der Waals surface area contributed by atoms with Crippen molar-refractivity contribution in [2.75, 3.05) is 18.6 Å². The number of rotatable bonds is 7. The molecule has 5 heteroatoms. The molecule has 2 aromatic carbocycles. The predicted molar refractivity (Wildman–Crippen MR) is 134 cm³/mol. The van der Waals surface area contributed by atoms with Gasteiger partial charge in [-0.2, -0.15) is 9.61 Å². The fraction of sp³-hybridized carbons (Fsp3) is 0.357. The van der Waals surface area contributed by atoms with E-state index < -0.39 is 0 Å². The van der Waals surface area contributed by atoms with Crippen molar-refractivity contribution >= 4 is 11.5 Å². The van der Waals surface area contributed by atoms with Gasteiger partial charge in [-0.25, -0.2) is 4.98 Å². The third kappa shape index (κ3) is 3.86.